The van der Waals surface area contributed by atoms with Crippen LogP contribution in [-0.2, 0) is 0 Å². The molecule has 0 aromatic rings. The maximum atomic E-state index is 2.34. The summed E-state index contributed by atoms with van der Waals surface area (Å²) in [6, 6.07) is 0. The summed E-state index contributed by atoms with van der Waals surface area (Å²) in [5.41, 5.74) is 0. The molecule has 0 aromatic heterocycles. The van der Waals surface area contributed by atoms with E-state index in [1.54, 1.807) is 0 Å². The van der Waals surface area contributed by atoms with Gasteiger partial charge in [-0.3, -0.25) is 0 Å². The van der Waals surface area contributed by atoms with Crippen molar-refractivity contribution in [1.29, 1.82) is 0 Å². The number of halogens is 1. The summed E-state index contributed by atoms with van der Waals surface area (Å²) in [5.74, 6) is 1.04. The molecule has 2 unspecified atom stereocenters. The smallest absolute Gasteiger partial charge is 0.0799 e. The third-order valence-electron chi connectivity index (χ3n) is 4.55. The fraction of sp³-hybridized carbons (Fsp3) is 1.00. The van der Waals surface area contributed by atoms with Crippen LogP contribution in [0.25, 0.3) is 0 Å². The van der Waals surface area contributed by atoms with Crippen LogP contribution in [0.1, 0.15) is 84.5 Å². The second kappa shape index (κ2) is 12.9. The molecule has 0 aliphatic carbocycles. The zero-order valence-corrected chi connectivity index (χ0v) is 13.4. The lowest BCUT2D eigenvalue weighted by Gasteiger charge is -2.29. The van der Waals surface area contributed by atoms with E-state index >= 15 is 0 Å². The molecule has 0 spiro atoms. The van der Waals surface area contributed by atoms with Gasteiger partial charge in [-0.15, -0.1) is 0 Å². The second-order valence-corrected chi connectivity index (χ2v) is 6.37. The number of hydrogen-bond acceptors (Lipinski definition) is 0. The first-order valence-electron chi connectivity index (χ1n) is 8.70. The molecule has 1 aliphatic rings. The normalized spacial score (nSPS) is 23.1. The summed E-state index contributed by atoms with van der Waals surface area (Å²) in [6.45, 7) is 9.02. The van der Waals surface area contributed by atoms with Crippen LogP contribution in [0.15, 0.2) is 0 Å². The number of rotatable bonds is 10. The molecule has 0 bridgehead atoms. The third-order valence-corrected chi connectivity index (χ3v) is 4.55. The Labute approximate surface area is 120 Å². The van der Waals surface area contributed by atoms with Crippen molar-refractivity contribution in [3.8, 4) is 0 Å². The van der Waals surface area contributed by atoms with Crippen molar-refractivity contribution in [2.45, 2.75) is 84.5 Å². The molecule has 0 saturated carbocycles. The van der Waals surface area contributed by atoms with Crippen LogP contribution in [0.3, 0.4) is 0 Å². The lowest BCUT2D eigenvalue weighted by molar-refractivity contribution is -0.909. The first-order valence-corrected chi connectivity index (χ1v) is 8.70. The van der Waals surface area contributed by atoms with Gasteiger partial charge in [-0.2, -0.15) is 0 Å². The lowest BCUT2D eigenvalue weighted by atomic mass is 9.93. The fourth-order valence-corrected chi connectivity index (χ4v) is 3.47. The molecule has 1 heterocycles. The molecule has 0 aromatic carbocycles. The summed E-state index contributed by atoms with van der Waals surface area (Å²) in [4.78, 5) is 1.91. The van der Waals surface area contributed by atoms with Crippen LogP contribution in [0, 0.1) is 5.92 Å². The van der Waals surface area contributed by atoms with Crippen molar-refractivity contribution >= 4 is 0 Å². The minimum atomic E-state index is 0. The summed E-state index contributed by atoms with van der Waals surface area (Å²) < 4.78 is 0. The van der Waals surface area contributed by atoms with Crippen LogP contribution in [0.4, 0.5) is 0 Å². The van der Waals surface area contributed by atoms with Gasteiger partial charge in [0.25, 0.3) is 0 Å². The van der Waals surface area contributed by atoms with Crippen molar-refractivity contribution in [1.82, 2.24) is 0 Å². The molecule has 2 atom stereocenters. The summed E-state index contributed by atoms with van der Waals surface area (Å²) in [7, 11) is 0. The number of hydrogen-bond donors (Lipinski definition) is 1. The van der Waals surface area contributed by atoms with Gasteiger partial charge in [-0.05, 0) is 32.1 Å². The van der Waals surface area contributed by atoms with E-state index in [9.17, 15) is 0 Å². The Morgan fingerprint density at radius 3 is 2.26 bits per heavy atom. The van der Waals surface area contributed by atoms with Gasteiger partial charge < -0.3 is 9.60 Å². The van der Waals surface area contributed by atoms with Crippen molar-refractivity contribution in [2.24, 2.45) is 5.92 Å². The first-order chi connectivity index (χ1) is 8.86. The Morgan fingerprint density at radius 2 is 1.58 bits per heavy atom. The Bertz CT molecular complexity index is 182. The van der Waals surface area contributed by atoms with Crippen molar-refractivity contribution < 1.29 is 9.60 Å². The fourth-order valence-electron chi connectivity index (χ4n) is 3.47. The lowest BCUT2D eigenvalue weighted by Crippen LogP contribution is -3.13. The highest BCUT2D eigenvalue weighted by Gasteiger charge is 2.21. The summed E-state index contributed by atoms with van der Waals surface area (Å²) in [5, 5.41) is 0. The molecule has 19 heavy (non-hydrogen) atoms. The topological polar surface area (TPSA) is 4.44 Å². The van der Waals surface area contributed by atoms with Gasteiger partial charge >= 0.3 is 0 Å². The van der Waals surface area contributed by atoms with E-state index in [0.29, 0.717) is 0 Å². The molecule has 116 valence electrons. The van der Waals surface area contributed by atoms with Gasteiger partial charge in [0.1, 0.15) is 0 Å². The number of piperidine rings is 1. The van der Waals surface area contributed by atoms with E-state index in [0.717, 1.165) is 5.92 Å². The van der Waals surface area contributed by atoms with E-state index in [1.807, 2.05) is 4.90 Å². The monoisotopic (exact) mass is 273 g/mol. The molecular formula is C17H36FN. The number of nitrogens with one attached hydrogen (secondary N) is 1. The second-order valence-electron chi connectivity index (χ2n) is 6.37. The van der Waals surface area contributed by atoms with Crippen LogP contribution in [0.5, 0.6) is 0 Å². The van der Waals surface area contributed by atoms with E-state index in [4.69, 9.17) is 0 Å². The Kier molecular flexibility index (Phi) is 12.8. The largest absolute Gasteiger partial charge is 1.00 e. The molecule has 1 saturated heterocycles. The summed E-state index contributed by atoms with van der Waals surface area (Å²) >= 11 is 0. The molecule has 1 aliphatic heterocycles. The SMILES string of the molecule is CCCCCCCCC[NH+]1CCCC(CCC)C1.[F-]. The third kappa shape index (κ3) is 9.43. The Morgan fingerprint density at radius 1 is 0.895 bits per heavy atom. The van der Waals surface area contributed by atoms with E-state index < -0.39 is 0 Å². The molecule has 0 amide bonds. The van der Waals surface area contributed by atoms with Crippen LogP contribution < -0.4 is 9.60 Å². The average molecular weight is 273 g/mol. The minimum Gasteiger partial charge on any atom is -1.00 e. The summed E-state index contributed by atoms with van der Waals surface area (Å²) in [6.07, 6.45) is 16.0. The molecule has 2 heteroatoms. The maximum absolute atomic E-state index is 2.34. The van der Waals surface area contributed by atoms with Crippen molar-refractivity contribution in [2.75, 3.05) is 19.6 Å². The number of unbranched alkanes of at least 4 members (excludes halogenated alkanes) is 6. The molecule has 1 rings (SSSR count). The zero-order chi connectivity index (χ0) is 13.1. The van der Waals surface area contributed by atoms with Crippen LogP contribution in [-0.4, -0.2) is 19.6 Å². The number of likely N-dealkylation sites (tertiary alicyclic amines) is 1. The Hall–Kier alpha value is -0.110. The highest BCUT2D eigenvalue weighted by Crippen LogP contribution is 2.13. The van der Waals surface area contributed by atoms with Crippen LogP contribution >= 0.6 is 0 Å². The van der Waals surface area contributed by atoms with Gasteiger partial charge in [0, 0.05) is 5.92 Å². The van der Waals surface area contributed by atoms with Gasteiger partial charge in [-0.1, -0.05) is 52.4 Å². The first kappa shape index (κ1) is 18.9. The quantitative estimate of drug-likeness (QED) is 0.563. The van der Waals surface area contributed by atoms with Crippen molar-refractivity contribution in [3.05, 3.63) is 0 Å². The standard InChI is InChI=1S/C17H35N.FH/c1-3-5-6-7-8-9-10-14-18-15-11-13-17(16-18)12-4-2;/h17H,3-16H2,1-2H3;1H. The van der Waals surface area contributed by atoms with Gasteiger partial charge in [-0.25, -0.2) is 0 Å². The van der Waals surface area contributed by atoms with E-state index in [-0.39, 0.29) is 4.70 Å². The molecular weight excluding hydrogens is 237 g/mol. The number of quaternary nitrogens is 1. The predicted molar refractivity (Wildman–Crippen MR) is 81.2 cm³/mol. The highest BCUT2D eigenvalue weighted by molar-refractivity contribution is 4.61. The van der Waals surface area contributed by atoms with Gasteiger partial charge in [0.15, 0.2) is 0 Å². The molecule has 1 nitrogen and oxygen atoms in total. The Balaban J connectivity index is 0.00000324. The minimum absolute atomic E-state index is 0. The van der Waals surface area contributed by atoms with Crippen LogP contribution in [0.2, 0.25) is 0 Å². The average Bonchev–Trinajstić information content (AvgIpc) is 2.39. The zero-order valence-electron chi connectivity index (χ0n) is 13.4. The van der Waals surface area contributed by atoms with E-state index in [2.05, 4.69) is 13.8 Å². The van der Waals surface area contributed by atoms with Gasteiger partial charge in [0.05, 0.1) is 19.6 Å². The van der Waals surface area contributed by atoms with Crippen molar-refractivity contribution in [3.63, 3.8) is 0 Å². The molecule has 0 radical (unpaired) electrons. The van der Waals surface area contributed by atoms with E-state index in [1.165, 1.54) is 90.3 Å². The predicted octanol–water partition coefficient (Wildman–Crippen LogP) is 0.836. The van der Waals surface area contributed by atoms with Gasteiger partial charge in [0.2, 0.25) is 0 Å². The maximum Gasteiger partial charge on any atom is 0.0799 e. The molecule has 1 fully saturated rings. The molecule has 1 N–H and O–H groups in total. The highest BCUT2D eigenvalue weighted by atomic mass is 19.0.